The summed E-state index contributed by atoms with van der Waals surface area (Å²) in [6.07, 6.45) is 0. The number of nitrogens with zero attached hydrogens (tertiary/aromatic N) is 1. The largest absolute Gasteiger partial charge is 0.477 e. The van der Waals surface area contributed by atoms with Gasteiger partial charge in [0.05, 0.1) is 5.75 Å². The minimum absolute atomic E-state index is 0.115. The van der Waals surface area contributed by atoms with Crippen LogP contribution in [0, 0.1) is 0 Å². The minimum atomic E-state index is -1.27. The van der Waals surface area contributed by atoms with E-state index < -0.39 is 29.3 Å². The molecule has 1 aromatic rings. The van der Waals surface area contributed by atoms with Crippen LogP contribution in [0.1, 0.15) is 6.92 Å². The van der Waals surface area contributed by atoms with Crippen molar-refractivity contribution in [3.8, 4) is 0 Å². The monoisotopic (exact) mass is 437 g/mol. The van der Waals surface area contributed by atoms with Gasteiger partial charge in [-0.15, -0.1) is 23.5 Å². The summed E-state index contributed by atoms with van der Waals surface area (Å²) in [6.45, 7) is 1.04. The van der Waals surface area contributed by atoms with Gasteiger partial charge < -0.3 is 20.9 Å². The molecule has 0 aliphatic carbocycles. The highest BCUT2D eigenvalue weighted by Gasteiger charge is 2.54. The Labute approximate surface area is 175 Å². The molecule has 3 rings (SSSR count). The Morgan fingerprint density at radius 2 is 2.03 bits per heavy atom. The Hall–Kier alpha value is -2.66. The molecule has 0 unspecified atom stereocenters. The lowest BCUT2D eigenvalue weighted by Crippen LogP contribution is -2.70. The average molecular weight is 437 g/mol. The van der Waals surface area contributed by atoms with Crippen molar-refractivity contribution in [2.75, 3.05) is 23.8 Å². The highest BCUT2D eigenvalue weighted by atomic mass is 32.2. The third-order valence-electron chi connectivity index (χ3n) is 4.27. The molecular formula is C18H19N3O6S2. The molecule has 11 heteroatoms. The maximum absolute atomic E-state index is 12.5. The van der Waals surface area contributed by atoms with Gasteiger partial charge in [-0.1, -0.05) is 0 Å². The minimum Gasteiger partial charge on any atom is -0.477 e. The molecule has 1 saturated heterocycles. The molecule has 2 heterocycles. The van der Waals surface area contributed by atoms with Crippen molar-refractivity contribution in [3.63, 3.8) is 0 Å². The Kier molecular flexibility index (Phi) is 6.38. The third-order valence-corrected chi connectivity index (χ3v) is 6.62. The molecule has 0 spiro atoms. The maximum atomic E-state index is 12.5. The van der Waals surface area contributed by atoms with Gasteiger partial charge in [0.2, 0.25) is 5.91 Å². The summed E-state index contributed by atoms with van der Waals surface area (Å²) in [4.78, 5) is 49.4. The molecule has 4 N–H and O–H groups in total. The fourth-order valence-corrected chi connectivity index (χ4v) is 4.95. The van der Waals surface area contributed by atoms with Crippen LogP contribution in [0.4, 0.5) is 5.69 Å². The summed E-state index contributed by atoms with van der Waals surface area (Å²) in [5, 5.41) is 11.7. The van der Waals surface area contributed by atoms with E-state index in [0.717, 1.165) is 9.80 Å². The number of rotatable bonds is 7. The number of amides is 2. The van der Waals surface area contributed by atoms with E-state index in [2.05, 4.69) is 5.32 Å². The molecule has 154 valence electrons. The standard InChI is InChI=1S/C18H19N3O6S2/c1-9(22)27-6-10-7-29-17-14(16(24)21(17)15(10)18(25)26)20-13(23)8-28-12-4-2-11(19)3-5-12/h2-5,14,17H,6-8,19H2,1H3,(H,20,23)(H,25,26)/t14-,17-/m1/s1. The van der Waals surface area contributed by atoms with Gasteiger partial charge in [0, 0.05) is 28.8 Å². The van der Waals surface area contributed by atoms with Crippen molar-refractivity contribution in [1.29, 1.82) is 0 Å². The zero-order valence-electron chi connectivity index (χ0n) is 15.4. The number of carbonyl (C=O) groups is 4. The Bertz CT molecular complexity index is 886. The zero-order chi connectivity index (χ0) is 21.1. The highest BCUT2D eigenvalue weighted by Crippen LogP contribution is 2.40. The van der Waals surface area contributed by atoms with Gasteiger partial charge in [0.1, 0.15) is 23.7 Å². The van der Waals surface area contributed by atoms with Crippen LogP contribution in [-0.2, 0) is 23.9 Å². The summed E-state index contributed by atoms with van der Waals surface area (Å²) >= 11 is 2.63. The molecule has 1 fully saturated rings. The molecule has 2 aliphatic heterocycles. The van der Waals surface area contributed by atoms with Crippen LogP contribution < -0.4 is 11.1 Å². The molecule has 0 aromatic heterocycles. The number of fused-ring (bicyclic) bond motifs is 1. The molecule has 0 radical (unpaired) electrons. The van der Waals surface area contributed by atoms with Crippen molar-refractivity contribution in [2.45, 2.75) is 23.2 Å². The number of hydrogen-bond donors (Lipinski definition) is 3. The van der Waals surface area contributed by atoms with E-state index in [1.165, 1.54) is 30.4 Å². The van der Waals surface area contributed by atoms with Gasteiger partial charge in [0.25, 0.3) is 5.91 Å². The first-order valence-electron chi connectivity index (χ1n) is 8.59. The van der Waals surface area contributed by atoms with Crippen molar-refractivity contribution >= 4 is 53.0 Å². The number of nitrogens with one attached hydrogen (secondary N) is 1. The second kappa shape index (κ2) is 8.78. The highest BCUT2D eigenvalue weighted by molar-refractivity contribution is 8.00. The number of benzene rings is 1. The first-order valence-corrected chi connectivity index (χ1v) is 10.6. The number of ether oxygens (including phenoxy) is 1. The predicted octanol–water partition coefficient (Wildman–Crippen LogP) is 0.663. The predicted molar refractivity (Wildman–Crippen MR) is 108 cm³/mol. The lowest BCUT2D eigenvalue weighted by atomic mass is 10.0. The van der Waals surface area contributed by atoms with E-state index in [-0.39, 0.29) is 29.7 Å². The molecular weight excluding hydrogens is 418 g/mol. The Morgan fingerprint density at radius 1 is 1.34 bits per heavy atom. The number of carboxylic acids is 1. The molecule has 0 saturated carbocycles. The number of β-lactam (4-membered cyclic amide) rings is 1. The zero-order valence-corrected chi connectivity index (χ0v) is 17.0. The van der Waals surface area contributed by atoms with E-state index in [0.29, 0.717) is 11.3 Å². The van der Waals surface area contributed by atoms with Gasteiger partial charge in [0.15, 0.2) is 0 Å². The summed E-state index contributed by atoms with van der Waals surface area (Å²) in [5.41, 5.74) is 6.43. The van der Waals surface area contributed by atoms with Crippen LogP contribution in [0.3, 0.4) is 0 Å². The number of anilines is 1. The normalized spacial score (nSPS) is 20.6. The second-order valence-electron chi connectivity index (χ2n) is 6.35. The fraction of sp³-hybridized carbons (Fsp3) is 0.333. The van der Waals surface area contributed by atoms with Crippen LogP contribution >= 0.6 is 23.5 Å². The summed E-state index contributed by atoms with van der Waals surface area (Å²) in [5.74, 6) is -2.22. The second-order valence-corrected chi connectivity index (χ2v) is 8.50. The van der Waals surface area contributed by atoms with Gasteiger partial charge >= 0.3 is 11.9 Å². The van der Waals surface area contributed by atoms with E-state index in [9.17, 15) is 24.3 Å². The third kappa shape index (κ3) is 4.67. The van der Waals surface area contributed by atoms with E-state index in [1.807, 2.05) is 0 Å². The van der Waals surface area contributed by atoms with E-state index in [4.69, 9.17) is 10.5 Å². The number of thioether (sulfide) groups is 2. The first kappa shape index (κ1) is 21.1. The van der Waals surface area contributed by atoms with Crippen LogP contribution in [0.5, 0.6) is 0 Å². The van der Waals surface area contributed by atoms with Crippen molar-refractivity contribution < 1.29 is 29.0 Å². The number of carboxylic acid groups (broad SMARTS) is 1. The van der Waals surface area contributed by atoms with Crippen LogP contribution in [-0.4, -0.2) is 63.3 Å². The van der Waals surface area contributed by atoms with E-state index in [1.54, 1.807) is 24.3 Å². The number of carbonyl (C=O) groups excluding carboxylic acids is 3. The van der Waals surface area contributed by atoms with Crippen LogP contribution in [0.2, 0.25) is 0 Å². The number of esters is 1. The number of hydrogen-bond acceptors (Lipinski definition) is 8. The molecule has 2 amide bonds. The fourth-order valence-electron chi connectivity index (χ4n) is 2.91. The quantitative estimate of drug-likeness (QED) is 0.243. The summed E-state index contributed by atoms with van der Waals surface area (Å²) < 4.78 is 4.89. The van der Waals surface area contributed by atoms with Crippen molar-refractivity contribution in [1.82, 2.24) is 10.2 Å². The van der Waals surface area contributed by atoms with Gasteiger partial charge in [-0.3, -0.25) is 19.3 Å². The van der Waals surface area contributed by atoms with Gasteiger partial charge in [-0.25, -0.2) is 4.79 Å². The average Bonchev–Trinajstić information content (AvgIpc) is 2.69. The van der Waals surface area contributed by atoms with Crippen molar-refractivity contribution in [2.24, 2.45) is 0 Å². The number of nitrogen functional groups attached to an aromatic ring is 1. The molecule has 0 bridgehead atoms. The lowest BCUT2D eigenvalue weighted by Gasteiger charge is -2.49. The van der Waals surface area contributed by atoms with Gasteiger partial charge in [-0.05, 0) is 24.3 Å². The molecule has 2 atom stereocenters. The van der Waals surface area contributed by atoms with Crippen LogP contribution in [0.25, 0.3) is 0 Å². The summed E-state index contributed by atoms with van der Waals surface area (Å²) in [6, 6.07) is 6.28. The maximum Gasteiger partial charge on any atom is 0.352 e. The Balaban J connectivity index is 1.61. The number of aliphatic carboxylic acids is 1. The SMILES string of the molecule is CC(=O)OCC1=C(C(=O)O)N2C(=O)[C@@H](NC(=O)CSc3ccc(N)cc3)[C@H]2SC1. The first-order chi connectivity index (χ1) is 13.8. The lowest BCUT2D eigenvalue weighted by molar-refractivity contribution is -0.150. The summed E-state index contributed by atoms with van der Waals surface area (Å²) in [7, 11) is 0. The molecule has 29 heavy (non-hydrogen) atoms. The Morgan fingerprint density at radius 3 is 2.66 bits per heavy atom. The topological polar surface area (TPSA) is 139 Å². The van der Waals surface area contributed by atoms with E-state index >= 15 is 0 Å². The van der Waals surface area contributed by atoms with Crippen LogP contribution in [0.15, 0.2) is 40.4 Å². The van der Waals surface area contributed by atoms with Gasteiger partial charge in [-0.2, -0.15) is 0 Å². The molecule has 1 aromatic carbocycles. The number of nitrogens with two attached hydrogens (primary N) is 1. The molecule has 9 nitrogen and oxygen atoms in total. The molecule has 2 aliphatic rings. The van der Waals surface area contributed by atoms with Crippen molar-refractivity contribution in [3.05, 3.63) is 35.5 Å². The smallest absolute Gasteiger partial charge is 0.352 e.